The van der Waals surface area contributed by atoms with Gasteiger partial charge in [0.2, 0.25) is 0 Å². The van der Waals surface area contributed by atoms with Crippen LogP contribution in [0.2, 0.25) is 18.6 Å². The molecule has 0 aliphatic carbocycles. The van der Waals surface area contributed by atoms with Gasteiger partial charge in [-0.3, -0.25) is 0 Å². The Morgan fingerprint density at radius 3 is 2.00 bits per heavy atom. The monoisotopic (exact) mass is 116 g/mol. The summed E-state index contributed by atoms with van der Waals surface area (Å²) < 4.78 is 0. The second kappa shape index (κ2) is 4.38. The molecule has 0 saturated heterocycles. The van der Waals surface area contributed by atoms with Gasteiger partial charge < -0.3 is 0 Å². The largest absolute Gasteiger partial charge is 0.0720 e. The fraction of sp³-hybridized carbons (Fsp3) is 1.00. The highest BCUT2D eigenvalue weighted by Crippen LogP contribution is 1.99. The van der Waals surface area contributed by atoms with E-state index in [9.17, 15) is 0 Å². The molecular formula is C6H16Si. The van der Waals surface area contributed by atoms with Crippen LogP contribution < -0.4 is 0 Å². The molecule has 7 heavy (non-hydrogen) atoms. The van der Waals surface area contributed by atoms with Crippen molar-refractivity contribution in [2.24, 2.45) is 0 Å². The van der Waals surface area contributed by atoms with Gasteiger partial charge in [-0.2, -0.15) is 0 Å². The zero-order valence-corrected chi connectivity index (χ0v) is 6.85. The van der Waals surface area contributed by atoms with Crippen molar-refractivity contribution in [3.8, 4) is 0 Å². The summed E-state index contributed by atoms with van der Waals surface area (Å²) in [6.07, 6.45) is 1.40. The lowest BCUT2D eigenvalue weighted by Crippen LogP contribution is -2.01. The van der Waals surface area contributed by atoms with Crippen LogP contribution in [-0.4, -0.2) is 8.80 Å². The Bertz CT molecular complexity index is 35.2. The zero-order chi connectivity index (χ0) is 5.70. The van der Waals surface area contributed by atoms with Gasteiger partial charge in [-0.05, 0) is 0 Å². The summed E-state index contributed by atoms with van der Waals surface area (Å²) in [5.74, 6) is 0. The predicted octanol–water partition coefficient (Wildman–Crippen LogP) is 2.27. The minimum atomic E-state index is -0.181. The van der Waals surface area contributed by atoms with Gasteiger partial charge in [0.05, 0.1) is 0 Å². The molecule has 0 aromatic carbocycles. The third-order valence-corrected chi connectivity index (χ3v) is 4.44. The Morgan fingerprint density at radius 1 is 1.29 bits per heavy atom. The Labute approximate surface area is 48.5 Å². The maximum atomic E-state index is 2.45. The number of hydrogen-bond acceptors (Lipinski definition) is 0. The van der Waals surface area contributed by atoms with Crippen LogP contribution in [-0.2, 0) is 0 Å². The fourth-order valence-corrected chi connectivity index (χ4v) is 2.09. The van der Waals surface area contributed by atoms with Gasteiger partial charge in [-0.25, -0.2) is 0 Å². The molecule has 0 aromatic rings. The third kappa shape index (κ3) is 4.06. The highest BCUT2D eigenvalue weighted by molar-refractivity contribution is 6.57. The van der Waals surface area contributed by atoms with Crippen LogP contribution in [0.5, 0.6) is 0 Å². The van der Waals surface area contributed by atoms with Crippen LogP contribution in [0.25, 0.3) is 0 Å². The molecule has 0 saturated carbocycles. The molecule has 0 spiro atoms. The summed E-state index contributed by atoms with van der Waals surface area (Å²) in [6.45, 7) is 7.04. The molecule has 0 amide bonds. The lowest BCUT2D eigenvalue weighted by molar-refractivity contribution is 1.05. The fourth-order valence-electron chi connectivity index (χ4n) is 0.697. The van der Waals surface area contributed by atoms with Crippen molar-refractivity contribution < 1.29 is 0 Å². The van der Waals surface area contributed by atoms with E-state index < -0.39 is 0 Å². The van der Waals surface area contributed by atoms with Crippen molar-refractivity contribution in [3.63, 3.8) is 0 Å². The Balaban J connectivity index is 2.83. The number of rotatable bonds is 3. The first-order chi connectivity index (χ1) is 3.31. The van der Waals surface area contributed by atoms with Crippen molar-refractivity contribution in [2.45, 2.75) is 38.9 Å². The van der Waals surface area contributed by atoms with Crippen LogP contribution >= 0.6 is 0 Å². The molecule has 44 valence electrons. The van der Waals surface area contributed by atoms with Crippen molar-refractivity contribution >= 4 is 8.80 Å². The van der Waals surface area contributed by atoms with Gasteiger partial charge in [0.1, 0.15) is 0 Å². The van der Waals surface area contributed by atoms with E-state index in [-0.39, 0.29) is 8.80 Å². The average Bonchev–Trinajstić information content (AvgIpc) is 1.68. The van der Waals surface area contributed by atoms with E-state index in [4.69, 9.17) is 0 Å². The maximum Gasteiger partial charge on any atom is 0.0333 e. The van der Waals surface area contributed by atoms with Crippen LogP contribution in [0.3, 0.4) is 0 Å². The molecule has 0 bridgehead atoms. The van der Waals surface area contributed by atoms with Crippen LogP contribution in [0, 0.1) is 0 Å². The minimum Gasteiger partial charge on any atom is -0.0720 e. The van der Waals surface area contributed by atoms with E-state index in [0.717, 1.165) is 0 Å². The summed E-state index contributed by atoms with van der Waals surface area (Å²) in [5, 5.41) is 0. The Morgan fingerprint density at radius 2 is 1.86 bits per heavy atom. The molecule has 0 radical (unpaired) electrons. The first kappa shape index (κ1) is 7.22. The van der Waals surface area contributed by atoms with Gasteiger partial charge in [-0.1, -0.05) is 38.9 Å². The molecule has 1 unspecified atom stereocenters. The molecule has 1 heteroatoms. The first-order valence-electron chi connectivity index (χ1n) is 3.31. The van der Waals surface area contributed by atoms with Gasteiger partial charge in [0.15, 0.2) is 0 Å². The predicted molar refractivity (Wildman–Crippen MR) is 38.6 cm³/mol. The van der Waals surface area contributed by atoms with E-state index in [2.05, 4.69) is 20.4 Å². The SMILES string of the molecule is CCC[SiH](C)CC. The van der Waals surface area contributed by atoms with E-state index in [1.165, 1.54) is 18.5 Å². The molecule has 1 atom stereocenters. The summed E-state index contributed by atoms with van der Waals surface area (Å²) >= 11 is 0. The molecule has 0 aliphatic heterocycles. The third-order valence-electron chi connectivity index (χ3n) is 1.48. The normalized spacial score (nSPS) is 14.1. The second-order valence-electron chi connectivity index (χ2n) is 2.30. The Hall–Kier alpha value is 0.217. The topological polar surface area (TPSA) is 0 Å². The lowest BCUT2D eigenvalue weighted by Gasteiger charge is -2.00. The summed E-state index contributed by atoms with van der Waals surface area (Å²) in [7, 11) is -0.181. The van der Waals surface area contributed by atoms with E-state index in [1.807, 2.05) is 0 Å². The molecule has 0 rings (SSSR count). The highest BCUT2D eigenvalue weighted by Gasteiger charge is 1.94. The van der Waals surface area contributed by atoms with E-state index in [0.29, 0.717) is 0 Å². The van der Waals surface area contributed by atoms with Crippen LogP contribution in [0.1, 0.15) is 20.3 Å². The standard InChI is InChI=1S/C6H16Si/c1-4-6-7(3)5-2/h7H,4-6H2,1-3H3. The Kier molecular flexibility index (Phi) is 4.51. The summed E-state index contributed by atoms with van der Waals surface area (Å²) in [4.78, 5) is 0. The van der Waals surface area contributed by atoms with E-state index >= 15 is 0 Å². The number of hydrogen-bond donors (Lipinski definition) is 0. The average molecular weight is 116 g/mol. The van der Waals surface area contributed by atoms with Crippen molar-refractivity contribution in [3.05, 3.63) is 0 Å². The molecule has 0 aromatic heterocycles. The van der Waals surface area contributed by atoms with Crippen LogP contribution in [0.15, 0.2) is 0 Å². The van der Waals surface area contributed by atoms with E-state index in [1.54, 1.807) is 0 Å². The van der Waals surface area contributed by atoms with Gasteiger partial charge in [0.25, 0.3) is 0 Å². The smallest absolute Gasteiger partial charge is 0.0333 e. The van der Waals surface area contributed by atoms with Crippen molar-refractivity contribution in [1.82, 2.24) is 0 Å². The van der Waals surface area contributed by atoms with Crippen LogP contribution in [0.4, 0.5) is 0 Å². The maximum absolute atomic E-state index is 2.45. The van der Waals surface area contributed by atoms with Crippen molar-refractivity contribution in [1.29, 1.82) is 0 Å². The first-order valence-corrected chi connectivity index (χ1v) is 6.10. The van der Waals surface area contributed by atoms with Gasteiger partial charge >= 0.3 is 0 Å². The van der Waals surface area contributed by atoms with Gasteiger partial charge in [0, 0.05) is 8.80 Å². The zero-order valence-electron chi connectivity index (χ0n) is 5.70. The molecule has 0 aliphatic rings. The second-order valence-corrected chi connectivity index (χ2v) is 5.91. The molecule has 0 heterocycles. The molecule has 0 fully saturated rings. The molecule has 0 nitrogen and oxygen atoms in total. The lowest BCUT2D eigenvalue weighted by atomic mass is 10.6. The minimum absolute atomic E-state index is 0.181. The summed E-state index contributed by atoms with van der Waals surface area (Å²) in [6, 6.07) is 3.02. The van der Waals surface area contributed by atoms with Gasteiger partial charge in [-0.15, -0.1) is 0 Å². The highest BCUT2D eigenvalue weighted by atomic mass is 28.3. The quantitative estimate of drug-likeness (QED) is 0.496. The molecular weight excluding hydrogens is 100 g/mol. The van der Waals surface area contributed by atoms with Crippen molar-refractivity contribution in [2.75, 3.05) is 0 Å². The summed E-state index contributed by atoms with van der Waals surface area (Å²) in [5.41, 5.74) is 0. The molecule has 0 N–H and O–H groups in total.